The Morgan fingerprint density at radius 3 is 2.92 bits per heavy atom. The maximum Gasteiger partial charge on any atom is 0.101 e. The van der Waals surface area contributed by atoms with Gasteiger partial charge in [-0.25, -0.2) is 0 Å². The van der Waals surface area contributed by atoms with Crippen LogP contribution in [0.1, 0.15) is 5.56 Å². The predicted molar refractivity (Wildman–Crippen MR) is 59.3 cm³/mol. The second-order valence-electron chi connectivity index (χ2n) is 2.49. The van der Waals surface area contributed by atoms with Crippen LogP contribution in [-0.2, 0) is 0 Å². The van der Waals surface area contributed by atoms with Gasteiger partial charge in [0.1, 0.15) is 6.07 Å². The molecular weight excluding hydrogens is 270 g/mol. The van der Waals surface area contributed by atoms with E-state index in [1.807, 2.05) is 11.4 Å². The van der Waals surface area contributed by atoms with Gasteiger partial charge >= 0.3 is 0 Å². The third-order valence-electron chi connectivity index (χ3n) is 1.74. The standard InChI is InChI=1S/C9H3BrClNS/c10-6-1-2-7(11)8-5(3-12)4-13-9(6)8/h1-2,4H. The molecule has 0 saturated carbocycles. The normalized spacial score (nSPS) is 10.2. The van der Waals surface area contributed by atoms with Crippen LogP contribution in [0.15, 0.2) is 22.0 Å². The number of thiophene rings is 1. The summed E-state index contributed by atoms with van der Waals surface area (Å²) in [6, 6.07) is 5.81. The van der Waals surface area contributed by atoms with Gasteiger partial charge in [0.05, 0.1) is 15.3 Å². The van der Waals surface area contributed by atoms with Gasteiger partial charge in [-0.15, -0.1) is 11.3 Å². The molecule has 1 nitrogen and oxygen atoms in total. The minimum absolute atomic E-state index is 0.635. The fourth-order valence-corrected chi connectivity index (χ4v) is 3.01. The van der Waals surface area contributed by atoms with Crippen molar-refractivity contribution in [1.82, 2.24) is 0 Å². The molecule has 0 amide bonds. The van der Waals surface area contributed by atoms with Gasteiger partial charge in [0.2, 0.25) is 0 Å². The highest BCUT2D eigenvalue weighted by molar-refractivity contribution is 9.10. The Morgan fingerprint density at radius 2 is 2.23 bits per heavy atom. The molecule has 1 heterocycles. The van der Waals surface area contributed by atoms with Crippen LogP contribution in [0.5, 0.6) is 0 Å². The van der Waals surface area contributed by atoms with Gasteiger partial charge in [-0.05, 0) is 28.1 Å². The molecule has 0 fully saturated rings. The summed E-state index contributed by atoms with van der Waals surface area (Å²) >= 11 is 10.9. The molecule has 0 saturated heterocycles. The van der Waals surface area contributed by atoms with E-state index in [-0.39, 0.29) is 0 Å². The minimum atomic E-state index is 0.635. The lowest BCUT2D eigenvalue weighted by Gasteiger charge is -1.96. The van der Waals surface area contributed by atoms with Crippen molar-refractivity contribution >= 4 is 49.0 Å². The number of benzene rings is 1. The van der Waals surface area contributed by atoms with E-state index in [0.717, 1.165) is 14.6 Å². The molecule has 0 bridgehead atoms. The van der Waals surface area contributed by atoms with Crippen LogP contribution in [0.2, 0.25) is 5.02 Å². The largest absolute Gasteiger partial charge is 0.192 e. The molecule has 0 unspecified atom stereocenters. The lowest BCUT2D eigenvalue weighted by molar-refractivity contribution is 1.52. The molecule has 1 aromatic heterocycles. The van der Waals surface area contributed by atoms with Crippen molar-refractivity contribution in [2.24, 2.45) is 0 Å². The second kappa shape index (κ2) is 3.30. The molecule has 0 N–H and O–H groups in total. The highest BCUT2D eigenvalue weighted by Gasteiger charge is 2.09. The summed E-state index contributed by atoms with van der Waals surface area (Å²) in [5.74, 6) is 0. The maximum atomic E-state index is 8.82. The molecule has 2 aromatic rings. The maximum absolute atomic E-state index is 8.82. The summed E-state index contributed by atoms with van der Waals surface area (Å²) in [6.45, 7) is 0. The van der Waals surface area contributed by atoms with Crippen LogP contribution in [0.3, 0.4) is 0 Å². The van der Waals surface area contributed by atoms with Crippen LogP contribution in [0, 0.1) is 11.3 Å². The van der Waals surface area contributed by atoms with Crippen molar-refractivity contribution in [3.63, 3.8) is 0 Å². The Bertz CT molecular complexity index is 512. The Kier molecular flexibility index (Phi) is 2.29. The monoisotopic (exact) mass is 271 g/mol. The SMILES string of the molecule is N#Cc1csc2c(Br)ccc(Cl)c12. The van der Waals surface area contributed by atoms with Crippen molar-refractivity contribution in [3.8, 4) is 6.07 Å². The third kappa shape index (κ3) is 1.35. The van der Waals surface area contributed by atoms with E-state index in [1.165, 1.54) is 11.3 Å². The van der Waals surface area contributed by atoms with Gasteiger partial charge in [0, 0.05) is 15.2 Å². The van der Waals surface area contributed by atoms with E-state index >= 15 is 0 Å². The van der Waals surface area contributed by atoms with Crippen molar-refractivity contribution in [2.75, 3.05) is 0 Å². The molecule has 13 heavy (non-hydrogen) atoms. The van der Waals surface area contributed by atoms with Gasteiger partial charge in [-0.2, -0.15) is 5.26 Å². The molecule has 0 radical (unpaired) electrons. The first-order chi connectivity index (χ1) is 6.24. The molecule has 1 aromatic carbocycles. The summed E-state index contributed by atoms with van der Waals surface area (Å²) in [5.41, 5.74) is 0.645. The number of fused-ring (bicyclic) bond motifs is 1. The van der Waals surface area contributed by atoms with E-state index in [2.05, 4.69) is 22.0 Å². The highest BCUT2D eigenvalue weighted by Crippen LogP contribution is 2.36. The van der Waals surface area contributed by atoms with Crippen LogP contribution in [0.4, 0.5) is 0 Å². The average Bonchev–Trinajstić information content (AvgIpc) is 2.56. The van der Waals surface area contributed by atoms with E-state index in [9.17, 15) is 0 Å². The quantitative estimate of drug-likeness (QED) is 0.705. The summed E-state index contributed by atoms with van der Waals surface area (Å²) in [6.07, 6.45) is 0. The Labute approximate surface area is 92.7 Å². The number of hydrogen-bond acceptors (Lipinski definition) is 2. The van der Waals surface area contributed by atoms with Crippen LogP contribution in [0.25, 0.3) is 10.1 Å². The van der Waals surface area contributed by atoms with Crippen molar-refractivity contribution < 1.29 is 0 Å². The van der Waals surface area contributed by atoms with Gasteiger partial charge in [-0.1, -0.05) is 11.6 Å². The molecule has 64 valence electrons. The number of nitriles is 1. The average molecular weight is 273 g/mol. The fourth-order valence-electron chi connectivity index (χ4n) is 1.16. The number of hydrogen-bond donors (Lipinski definition) is 0. The molecule has 0 aliphatic carbocycles. The molecule has 0 atom stereocenters. The molecular formula is C9H3BrClNS. The lowest BCUT2D eigenvalue weighted by atomic mass is 10.2. The summed E-state index contributed by atoms with van der Waals surface area (Å²) in [7, 11) is 0. The summed E-state index contributed by atoms with van der Waals surface area (Å²) in [4.78, 5) is 0. The first-order valence-electron chi connectivity index (χ1n) is 3.49. The zero-order chi connectivity index (χ0) is 9.42. The Hall–Kier alpha value is -0.560. The van der Waals surface area contributed by atoms with E-state index < -0.39 is 0 Å². The molecule has 0 aliphatic heterocycles. The smallest absolute Gasteiger partial charge is 0.101 e. The second-order valence-corrected chi connectivity index (χ2v) is 4.64. The van der Waals surface area contributed by atoms with Crippen LogP contribution in [-0.4, -0.2) is 0 Å². The van der Waals surface area contributed by atoms with Crippen LogP contribution < -0.4 is 0 Å². The number of nitrogens with zero attached hydrogens (tertiary/aromatic N) is 1. The zero-order valence-corrected chi connectivity index (χ0v) is 9.50. The van der Waals surface area contributed by atoms with E-state index in [0.29, 0.717) is 10.6 Å². The minimum Gasteiger partial charge on any atom is -0.192 e. The van der Waals surface area contributed by atoms with Gasteiger partial charge in [0.25, 0.3) is 0 Å². The van der Waals surface area contributed by atoms with Gasteiger partial charge < -0.3 is 0 Å². The van der Waals surface area contributed by atoms with Gasteiger partial charge in [-0.3, -0.25) is 0 Å². The zero-order valence-electron chi connectivity index (χ0n) is 6.34. The Balaban J connectivity index is 2.98. The molecule has 4 heteroatoms. The number of halogens is 2. The first kappa shape index (κ1) is 9.01. The molecule has 2 rings (SSSR count). The van der Waals surface area contributed by atoms with Crippen molar-refractivity contribution in [2.45, 2.75) is 0 Å². The number of rotatable bonds is 0. The lowest BCUT2D eigenvalue weighted by Crippen LogP contribution is -1.73. The van der Waals surface area contributed by atoms with Gasteiger partial charge in [0.15, 0.2) is 0 Å². The molecule has 0 spiro atoms. The molecule has 0 aliphatic rings. The fraction of sp³-hybridized carbons (Fsp3) is 0. The summed E-state index contributed by atoms with van der Waals surface area (Å²) < 4.78 is 2.02. The predicted octanol–water partition coefficient (Wildman–Crippen LogP) is 4.19. The van der Waals surface area contributed by atoms with E-state index in [4.69, 9.17) is 16.9 Å². The van der Waals surface area contributed by atoms with E-state index in [1.54, 1.807) is 6.07 Å². The Morgan fingerprint density at radius 1 is 1.46 bits per heavy atom. The topological polar surface area (TPSA) is 23.8 Å². The third-order valence-corrected chi connectivity index (χ3v) is 3.99. The highest BCUT2D eigenvalue weighted by atomic mass is 79.9. The van der Waals surface area contributed by atoms with Crippen molar-refractivity contribution in [1.29, 1.82) is 5.26 Å². The summed E-state index contributed by atoms with van der Waals surface area (Å²) in [5, 5.41) is 12.1. The first-order valence-corrected chi connectivity index (χ1v) is 5.54. The van der Waals surface area contributed by atoms with Crippen molar-refractivity contribution in [3.05, 3.63) is 32.6 Å². The van der Waals surface area contributed by atoms with Crippen LogP contribution >= 0.6 is 38.9 Å².